The Morgan fingerprint density at radius 1 is 1.28 bits per heavy atom. The van der Waals surface area contributed by atoms with E-state index in [0.29, 0.717) is 44.6 Å². The molecule has 5 nitrogen and oxygen atoms in total. The van der Waals surface area contributed by atoms with Crippen molar-refractivity contribution in [2.45, 2.75) is 39.2 Å². The van der Waals surface area contributed by atoms with Gasteiger partial charge in [0, 0.05) is 37.5 Å². The summed E-state index contributed by atoms with van der Waals surface area (Å²) in [5.41, 5.74) is 2.98. The second kappa shape index (κ2) is 7.41. The van der Waals surface area contributed by atoms with Crippen molar-refractivity contribution in [1.82, 2.24) is 14.5 Å². The fraction of sp³-hybridized carbons (Fsp3) is 0.409. The molecule has 0 N–H and O–H groups in total. The molecule has 0 amide bonds. The summed E-state index contributed by atoms with van der Waals surface area (Å²) in [4.78, 5) is 23.6. The summed E-state index contributed by atoms with van der Waals surface area (Å²) >= 11 is 6.53. The molecular weight excluding hydrogens is 391 g/mol. The molecule has 1 atom stereocenters. The molecule has 1 aliphatic rings. The summed E-state index contributed by atoms with van der Waals surface area (Å²) in [5.74, 6) is 0.0933. The minimum atomic E-state index is -0.368. The maximum Gasteiger partial charge on any atom is 0.273 e. The molecule has 1 aliphatic carbocycles. The van der Waals surface area contributed by atoms with Crippen LogP contribution in [0.1, 0.15) is 37.9 Å². The van der Waals surface area contributed by atoms with Crippen LogP contribution < -0.4 is 10.5 Å². The van der Waals surface area contributed by atoms with Gasteiger partial charge in [0.25, 0.3) is 5.56 Å². The van der Waals surface area contributed by atoms with Gasteiger partial charge in [-0.05, 0) is 50.8 Å². The van der Waals surface area contributed by atoms with Crippen molar-refractivity contribution < 1.29 is 4.39 Å². The summed E-state index contributed by atoms with van der Waals surface area (Å²) in [6.45, 7) is 3.77. The molecule has 7 heteroatoms. The van der Waals surface area contributed by atoms with Gasteiger partial charge in [0.1, 0.15) is 17.0 Å². The number of anilines is 1. The van der Waals surface area contributed by atoms with E-state index in [1.54, 1.807) is 48.8 Å². The largest absolute Gasteiger partial charge is 0.375 e. The summed E-state index contributed by atoms with van der Waals surface area (Å²) in [6, 6.07) is 4.84. The molecule has 0 bridgehead atoms. The highest BCUT2D eigenvalue weighted by Gasteiger charge is 2.28. The topological polar surface area (TPSA) is 51.0 Å². The molecule has 152 valence electrons. The van der Waals surface area contributed by atoms with E-state index in [2.05, 4.69) is 16.9 Å². The Bertz CT molecular complexity index is 1150. The molecule has 0 unspecified atom stereocenters. The molecule has 0 saturated heterocycles. The Hall–Kier alpha value is -2.47. The Labute approximate surface area is 174 Å². The van der Waals surface area contributed by atoms with Gasteiger partial charge in [0.2, 0.25) is 0 Å². The molecule has 1 saturated carbocycles. The van der Waals surface area contributed by atoms with E-state index in [9.17, 15) is 9.18 Å². The molecule has 0 spiro atoms. The van der Waals surface area contributed by atoms with Crippen LogP contribution in [0.3, 0.4) is 0 Å². The quantitative estimate of drug-likeness (QED) is 0.603. The van der Waals surface area contributed by atoms with Crippen molar-refractivity contribution >= 4 is 28.5 Å². The summed E-state index contributed by atoms with van der Waals surface area (Å²) < 4.78 is 16.4. The van der Waals surface area contributed by atoms with Crippen LogP contribution in [0.15, 0.2) is 29.2 Å². The standard InChI is InChI=1S/C22H24ClFN4O/c1-12-22(29)28(13(2)14-6-5-7-14)21-20(26-12)15(8-9-25-21)16-10-18(24)19(27(3)4)11-17(16)23/h8-11,13-14H,5-7H2,1-4H3/t13-/m1/s1. The van der Waals surface area contributed by atoms with Gasteiger partial charge >= 0.3 is 0 Å². The third-order valence-corrected chi connectivity index (χ3v) is 6.30. The molecule has 3 aromatic rings. The molecule has 1 aromatic carbocycles. The average Bonchev–Trinajstić information content (AvgIpc) is 2.62. The van der Waals surface area contributed by atoms with Gasteiger partial charge in [-0.1, -0.05) is 18.0 Å². The predicted molar refractivity (Wildman–Crippen MR) is 115 cm³/mol. The summed E-state index contributed by atoms with van der Waals surface area (Å²) in [6.07, 6.45) is 5.04. The number of nitrogens with zero attached hydrogens (tertiary/aromatic N) is 4. The smallest absolute Gasteiger partial charge is 0.273 e. The summed E-state index contributed by atoms with van der Waals surface area (Å²) in [5, 5.41) is 0.423. The second-order valence-electron chi connectivity index (χ2n) is 8.01. The lowest BCUT2D eigenvalue weighted by Gasteiger charge is -2.33. The van der Waals surface area contributed by atoms with E-state index in [-0.39, 0.29) is 17.4 Å². The zero-order valence-electron chi connectivity index (χ0n) is 17.0. The van der Waals surface area contributed by atoms with Crippen LogP contribution in [-0.2, 0) is 0 Å². The van der Waals surface area contributed by atoms with Crippen molar-refractivity contribution in [3.63, 3.8) is 0 Å². The van der Waals surface area contributed by atoms with Crippen LogP contribution in [0.5, 0.6) is 0 Å². The van der Waals surface area contributed by atoms with Crippen molar-refractivity contribution in [3.8, 4) is 11.1 Å². The second-order valence-corrected chi connectivity index (χ2v) is 8.42. The number of aromatic nitrogens is 3. The Kier molecular flexibility index (Phi) is 5.07. The third kappa shape index (κ3) is 3.29. The van der Waals surface area contributed by atoms with E-state index in [1.165, 1.54) is 12.5 Å². The lowest BCUT2D eigenvalue weighted by Crippen LogP contribution is -2.33. The van der Waals surface area contributed by atoms with Crippen molar-refractivity contribution in [2.75, 3.05) is 19.0 Å². The molecule has 29 heavy (non-hydrogen) atoms. The van der Waals surface area contributed by atoms with Gasteiger partial charge in [-0.25, -0.2) is 14.4 Å². The van der Waals surface area contributed by atoms with E-state index >= 15 is 0 Å². The molecule has 0 aliphatic heterocycles. The number of rotatable bonds is 4. The first-order valence-corrected chi connectivity index (χ1v) is 10.2. The highest BCUT2D eigenvalue weighted by molar-refractivity contribution is 6.34. The SMILES string of the molecule is Cc1nc2c(-c3cc(F)c(N(C)C)cc3Cl)ccnc2n([C@H](C)C2CCC2)c1=O. The zero-order valence-corrected chi connectivity index (χ0v) is 17.8. The number of hydrogen-bond acceptors (Lipinski definition) is 4. The zero-order chi connectivity index (χ0) is 20.9. The first kappa shape index (κ1) is 19.8. The highest BCUT2D eigenvalue weighted by atomic mass is 35.5. The average molecular weight is 415 g/mol. The van der Waals surface area contributed by atoms with Crippen LogP contribution in [-0.4, -0.2) is 28.6 Å². The minimum Gasteiger partial charge on any atom is -0.375 e. The lowest BCUT2D eigenvalue weighted by atomic mass is 9.80. The normalized spacial score (nSPS) is 15.4. The molecule has 0 radical (unpaired) electrons. The first-order valence-electron chi connectivity index (χ1n) is 9.84. The van der Waals surface area contributed by atoms with Gasteiger partial charge in [-0.3, -0.25) is 9.36 Å². The number of fused-ring (bicyclic) bond motifs is 1. The monoisotopic (exact) mass is 414 g/mol. The number of hydrogen-bond donors (Lipinski definition) is 0. The molecule has 4 rings (SSSR count). The van der Waals surface area contributed by atoms with E-state index < -0.39 is 0 Å². The Balaban J connectivity index is 1.97. The van der Waals surface area contributed by atoms with E-state index in [1.807, 2.05) is 0 Å². The first-order chi connectivity index (χ1) is 13.8. The van der Waals surface area contributed by atoms with Crippen LogP contribution in [0.2, 0.25) is 5.02 Å². The van der Waals surface area contributed by atoms with E-state index in [0.717, 1.165) is 12.8 Å². The predicted octanol–water partition coefficient (Wildman–Crippen LogP) is 4.99. The van der Waals surface area contributed by atoms with Gasteiger partial charge in [0.15, 0.2) is 5.65 Å². The number of benzene rings is 1. The van der Waals surface area contributed by atoms with Crippen molar-refractivity contribution in [3.05, 3.63) is 51.3 Å². The third-order valence-electron chi connectivity index (χ3n) is 5.99. The van der Waals surface area contributed by atoms with Crippen LogP contribution in [0.25, 0.3) is 22.3 Å². The molecule has 1 fully saturated rings. The van der Waals surface area contributed by atoms with Crippen molar-refractivity contribution in [2.24, 2.45) is 5.92 Å². The maximum absolute atomic E-state index is 14.7. The highest BCUT2D eigenvalue weighted by Crippen LogP contribution is 2.38. The van der Waals surface area contributed by atoms with Crippen LogP contribution in [0.4, 0.5) is 10.1 Å². The fourth-order valence-electron chi connectivity index (χ4n) is 4.03. The van der Waals surface area contributed by atoms with Gasteiger partial charge in [-0.2, -0.15) is 0 Å². The minimum absolute atomic E-state index is 0.0338. The van der Waals surface area contributed by atoms with E-state index in [4.69, 9.17) is 11.6 Å². The van der Waals surface area contributed by atoms with Gasteiger partial charge in [0.05, 0.1) is 10.7 Å². The number of aryl methyl sites for hydroxylation is 1. The Morgan fingerprint density at radius 2 is 2.00 bits per heavy atom. The number of halogens is 2. The van der Waals surface area contributed by atoms with Gasteiger partial charge in [-0.15, -0.1) is 0 Å². The number of pyridine rings is 1. The van der Waals surface area contributed by atoms with Crippen molar-refractivity contribution in [1.29, 1.82) is 0 Å². The Morgan fingerprint density at radius 3 is 2.62 bits per heavy atom. The lowest BCUT2D eigenvalue weighted by molar-refractivity contribution is 0.222. The fourth-order valence-corrected chi connectivity index (χ4v) is 4.29. The van der Waals surface area contributed by atoms with Gasteiger partial charge < -0.3 is 4.90 Å². The summed E-state index contributed by atoms with van der Waals surface area (Å²) in [7, 11) is 3.53. The molecule has 2 heterocycles. The van der Waals surface area contributed by atoms with Crippen LogP contribution >= 0.6 is 11.6 Å². The van der Waals surface area contributed by atoms with Crippen LogP contribution in [0, 0.1) is 18.7 Å². The molecular formula is C22H24ClFN4O. The maximum atomic E-state index is 14.7. The molecule has 2 aromatic heterocycles.